The highest BCUT2D eigenvalue weighted by molar-refractivity contribution is 7.91. The lowest BCUT2D eigenvalue weighted by molar-refractivity contribution is 0.367. The minimum atomic E-state index is -3.36. The fourth-order valence-electron chi connectivity index (χ4n) is 2.27. The zero-order valence-corrected chi connectivity index (χ0v) is 14.1. The maximum atomic E-state index is 12.9. The molecule has 0 aliphatic heterocycles. The topological polar surface area (TPSA) is 64.0 Å². The third-order valence-corrected chi connectivity index (χ3v) is 5.71. The van der Waals surface area contributed by atoms with Crippen molar-refractivity contribution in [3.63, 3.8) is 0 Å². The van der Waals surface area contributed by atoms with E-state index in [4.69, 9.17) is 0 Å². The molecule has 1 aromatic heterocycles. The molecule has 5 nitrogen and oxygen atoms in total. The lowest BCUT2D eigenvalue weighted by atomic mass is 10.2. The highest BCUT2D eigenvalue weighted by atomic mass is 32.2. The van der Waals surface area contributed by atoms with Crippen molar-refractivity contribution in [3.05, 3.63) is 48.5 Å². The van der Waals surface area contributed by atoms with Gasteiger partial charge in [0.15, 0.2) is 9.84 Å². The third-order valence-electron chi connectivity index (χ3n) is 3.89. The largest absolute Gasteiger partial charge is 0.312 e. The van der Waals surface area contributed by atoms with E-state index in [1.807, 2.05) is 23.9 Å². The van der Waals surface area contributed by atoms with E-state index in [0.29, 0.717) is 13.0 Å². The Morgan fingerprint density at radius 3 is 2.57 bits per heavy atom. The summed E-state index contributed by atoms with van der Waals surface area (Å²) in [4.78, 5) is 0.164. The number of hydrogen-bond acceptors (Lipinski definition) is 4. The summed E-state index contributed by atoms with van der Waals surface area (Å²) >= 11 is 0. The first-order chi connectivity index (χ1) is 10.9. The molecule has 1 N–H and O–H groups in total. The van der Waals surface area contributed by atoms with Crippen LogP contribution in [-0.2, 0) is 9.84 Å². The number of sulfone groups is 1. The first-order valence-corrected chi connectivity index (χ1v) is 9.26. The van der Waals surface area contributed by atoms with Crippen LogP contribution in [0.1, 0.15) is 26.3 Å². The van der Waals surface area contributed by atoms with Crippen molar-refractivity contribution in [2.45, 2.75) is 37.2 Å². The van der Waals surface area contributed by atoms with Crippen molar-refractivity contribution >= 4 is 9.84 Å². The maximum absolute atomic E-state index is 12.9. The Labute approximate surface area is 136 Å². The minimum absolute atomic E-state index is 0.0362. The Morgan fingerprint density at radius 1 is 1.26 bits per heavy atom. The summed E-state index contributed by atoms with van der Waals surface area (Å²) in [5, 5.41) is 7.52. The lowest BCUT2D eigenvalue weighted by Gasteiger charge is -2.21. The first kappa shape index (κ1) is 17.6. The van der Waals surface area contributed by atoms with Gasteiger partial charge in [0.2, 0.25) is 0 Å². The number of benzene rings is 1. The second-order valence-electron chi connectivity index (χ2n) is 5.60. The number of hydrogen-bond donors (Lipinski definition) is 1. The van der Waals surface area contributed by atoms with Crippen LogP contribution in [0.4, 0.5) is 4.39 Å². The zero-order valence-electron chi connectivity index (χ0n) is 13.3. The SMILES string of the molecule is C[C@H](NCCCS(=O)(=O)c1ccc(F)cc1)[C@H](C)n1cccn1. The normalized spacial score (nSPS) is 14.6. The highest BCUT2D eigenvalue weighted by Gasteiger charge is 2.16. The molecule has 0 fully saturated rings. The van der Waals surface area contributed by atoms with Crippen LogP contribution in [0.2, 0.25) is 0 Å². The number of nitrogens with one attached hydrogen (secondary N) is 1. The number of halogens is 1. The van der Waals surface area contributed by atoms with Gasteiger partial charge in [0.1, 0.15) is 5.82 Å². The van der Waals surface area contributed by atoms with E-state index in [2.05, 4.69) is 17.3 Å². The highest BCUT2D eigenvalue weighted by Crippen LogP contribution is 2.13. The number of nitrogens with zero attached hydrogens (tertiary/aromatic N) is 2. The predicted octanol–water partition coefficient (Wildman–Crippen LogP) is 2.43. The second-order valence-corrected chi connectivity index (χ2v) is 7.70. The van der Waals surface area contributed by atoms with E-state index in [-0.39, 0.29) is 22.7 Å². The monoisotopic (exact) mass is 339 g/mol. The van der Waals surface area contributed by atoms with Gasteiger partial charge in [0.25, 0.3) is 0 Å². The molecule has 0 radical (unpaired) electrons. The molecule has 2 rings (SSSR count). The summed E-state index contributed by atoms with van der Waals surface area (Å²) in [7, 11) is -3.36. The summed E-state index contributed by atoms with van der Waals surface area (Å²) in [5.74, 6) is -0.402. The van der Waals surface area contributed by atoms with E-state index < -0.39 is 15.7 Å². The Bertz CT molecular complexity index is 699. The van der Waals surface area contributed by atoms with Crippen molar-refractivity contribution in [1.82, 2.24) is 15.1 Å². The molecule has 0 aliphatic rings. The van der Waals surface area contributed by atoms with Crippen LogP contribution < -0.4 is 5.32 Å². The molecule has 7 heteroatoms. The van der Waals surface area contributed by atoms with Crippen LogP contribution in [0.15, 0.2) is 47.6 Å². The molecule has 0 saturated heterocycles. The molecule has 1 aromatic carbocycles. The van der Waals surface area contributed by atoms with Crippen LogP contribution in [0.3, 0.4) is 0 Å². The fourth-order valence-corrected chi connectivity index (χ4v) is 3.58. The summed E-state index contributed by atoms with van der Waals surface area (Å²) < 4.78 is 39.0. The molecule has 0 bridgehead atoms. The summed E-state index contributed by atoms with van der Waals surface area (Å²) in [6.45, 7) is 4.69. The maximum Gasteiger partial charge on any atom is 0.178 e. The van der Waals surface area contributed by atoms with Gasteiger partial charge >= 0.3 is 0 Å². The van der Waals surface area contributed by atoms with Crippen LogP contribution >= 0.6 is 0 Å². The standard InChI is InChI=1S/C16H22FN3O2S/c1-13(14(2)20-11-3-10-19-20)18-9-4-12-23(21,22)16-7-5-15(17)6-8-16/h3,5-8,10-11,13-14,18H,4,9,12H2,1-2H3/t13-,14-/m0/s1. The Balaban J connectivity index is 1.79. The average molecular weight is 339 g/mol. The fraction of sp³-hybridized carbons (Fsp3) is 0.438. The Morgan fingerprint density at radius 2 is 1.96 bits per heavy atom. The van der Waals surface area contributed by atoms with Crippen LogP contribution in [-0.4, -0.2) is 36.5 Å². The quantitative estimate of drug-likeness (QED) is 0.593. The summed E-state index contributed by atoms with van der Waals surface area (Å²) in [6.07, 6.45) is 4.14. The molecule has 0 saturated carbocycles. The van der Waals surface area contributed by atoms with Gasteiger partial charge in [-0.05, 0) is 57.1 Å². The molecule has 0 unspecified atom stereocenters. The summed E-state index contributed by atoms with van der Waals surface area (Å²) in [6, 6.07) is 7.17. The molecule has 2 aromatic rings. The van der Waals surface area contributed by atoms with Gasteiger partial charge in [-0.15, -0.1) is 0 Å². The van der Waals surface area contributed by atoms with E-state index >= 15 is 0 Å². The van der Waals surface area contributed by atoms with Crippen molar-refractivity contribution in [1.29, 1.82) is 0 Å². The van der Waals surface area contributed by atoms with Crippen molar-refractivity contribution in [2.75, 3.05) is 12.3 Å². The van der Waals surface area contributed by atoms with Gasteiger partial charge in [-0.25, -0.2) is 12.8 Å². The van der Waals surface area contributed by atoms with E-state index in [9.17, 15) is 12.8 Å². The van der Waals surface area contributed by atoms with Gasteiger partial charge in [0.05, 0.1) is 16.7 Å². The lowest BCUT2D eigenvalue weighted by Crippen LogP contribution is -2.35. The molecule has 0 amide bonds. The summed E-state index contributed by atoms with van der Waals surface area (Å²) in [5.41, 5.74) is 0. The zero-order chi connectivity index (χ0) is 16.9. The van der Waals surface area contributed by atoms with Gasteiger partial charge in [-0.2, -0.15) is 5.10 Å². The minimum Gasteiger partial charge on any atom is -0.312 e. The van der Waals surface area contributed by atoms with Crippen LogP contribution in [0.5, 0.6) is 0 Å². The van der Waals surface area contributed by atoms with Gasteiger partial charge in [0, 0.05) is 18.4 Å². The number of aromatic nitrogens is 2. The van der Waals surface area contributed by atoms with Crippen LogP contribution in [0.25, 0.3) is 0 Å². The smallest absolute Gasteiger partial charge is 0.178 e. The Kier molecular flexibility index (Phi) is 5.90. The van der Waals surface area contributed by atoms with Gasteiger partial charge in [-0.1, -0.05) is 0 Å². The van der Waals surface area contributed by atoms with Crippen molar-refractivity contribution in [3.8, 4) is 0 Å². The van der Waals surface area contributed by atoms with E-state index in [1.54, 1.807) is 6.20 Å². The van der Waals surface area contributed by atoms with Crippen LogP contribution in [0, 0.1) is 5.82 Å². The molecular formula is C16H22FN3O2S. The molecule has 2 atom stereocenters. The molecule has 1 heterocycles. The predicted molar refractivity (Wildman–Crippen MR) is 87.5 cm³/mol. The van der Waals surface area contributed by atoms with Crippen molar-refractivity contribution < 1.29 is 12.8 Å². The molecule has 0 spiro atoms. The molecular weight excluding hydrogens is 317 g/mol. The number of rotatable bonds is 8. The van der Waals surface area contributed by atoms with Gasteiger partial charge < -0.3 is 5.32 Å². The molecule has 0 aliphatic carbocycles. The second kappa shape index (κ2) is 7.70. The first-order valence-electron chi connectivity index (χ1n) is 7.61. The van der Waals surface area contributed by atoms with E-state index in [1.165, 1.54) is 24.3 Å². The average Bonchev–Trinajstić information content (AvgIpc) is 3.05. The third kappa shape index (κ3) is 4.87. The Hall–Kier alpha value is -1.73. The molecule has 126 valence electrons. The van der Waals surface area contributed by atoms with Gasteiger partial charge in [-0.3, -0.25) is 4.68 Å². The molecule has 23 heavy (non-hydrogen) atoms. The van der Waals surface area contributed by atoms with Crippen molar-refractivity contribution in [2.24, 2.45) is 0 Å². The van der Waals surface area contributed by atoms with E-state index in [0.717, 1.165) is 0 Å².